The largest absolute Gasteiger partial charge is 0.483 e. The number of aryl methyl sites for hydroxylation is 2. The van der Waals surface area contributed by atoms with Gasteiger partial charge in [0.15, 0.2) is 0 Å². The normalized spacial score (nSPS) is 20.0. The number of rotatable bonds is 3. The molecule has 2 atom stereocenters. The van der Waals surface area contributed by atoms with Crippen LogP contribution in [0.15, 0.2) is 29.6 Å². The fourth-order valence-corrected chi connectivity index (χ4v) is 4.76. The minimum atomic E-state index is -0.326. The van der Waals surface area contributed by atoms with E-state index in [1.165, 1.54) is 0 Å². The number of hydrogen-bond donors (Lipinski definition) is 3. The number of carbonyl (C=O) groups excluding carboxylic acids is 2. The number of hydrogen-bond acceptors (Lipinski definition) is 7. The van der Waals surface area contributed by atoms with E-state index in [1.807, 2.05) is 4.90 Å². The van der Waals surface area contributed by atoms with E-state index in [2.05, 4.69) is 9.97 Å². The molecule has 2 saturated heterocycles. The van der Waals surface area contributed by atoms with Gasteiger partial charge in [0.05, 0.1) is 25.6 Å². The molecule has 1 aliphatic carbocycles. The molecule has 0 aromatic carbocycles. The topological polar surface area (TPSA) is 175 Å². The Labute approximate surface area is 206 Å². The van der Waals surface area contributed by atoms with E-state index in [0.717, 1.165) is 30.5 Å². The molecular formula is C23H29N5O8. The highest BCUT2D eigenvalue weighted by Crippen LogP contribution is 2.24. The van der Waals surface area contributed by atoms with Crippen LogP contribution in [0.4, 0.5) is 0 Å². The van der Waals surface area contributed by atoms with Crippen molar-refractivity contribution in [2.24, 2.45) is 5.92 Å². The monoisotopic (exact) mass is 503 g/mol. The summed E-state index contributed by atoms with van der Waals surface area (Å²) < 4.78 is 7.53. The van der Waals surface area contributed by atoms with Crippen LogP contribution in [0.25, 0.3) is 0 Å². The second kappa shape index (κ2) is 12.6. The molecule has 13 heteroatoms. The van der Waals surface area contributed by atoms with Crippen LogP contribution in [0, 0.1) is 5.92 Å². The van der Waals surface area contributed by atoms with Gasteiger partial charge in [0.2, 0.25) is 5.91 Å². The highest BCUT2D eigenvalue weighted by Gasteiger charge is 2.38. The smallest absolute Gasteiger partial charge is 0.290 e. The molecule has 5 rings (SSSR count). The lowest BCUT2D eigenvalue weighted by molar-refractivity contribution is -0.133. The van der Waals surface area contributed by atoms with Crippen molar-refractivity contribution in [2.75, 3.05) is 32.8 Å². The molecule has 2 amide bonds. The number of fused-ring (bicyclic) bond motifs is 4. The Morgan fingerprint density at radius 2 is 1.89 bits per heavy atom. The van der Waals surface area contributed by atoms with Crippen LogP contribution in [0.1, 0.15) is 28.0 Å². The first-order valence-electron chi connectivity index (χ1n) is 11.4. The van der Waals surface area contributed by atoms with Crippen molar-refractivity contribution in [2.45, 2.75) is 31.8 Å². The zero-order valence-corrected chi connectivity index (χ0v) is 19.6. The fraction of sp³-hybridized carbons (Fsp3) is 0.478. The lowest BCUT2D eigenvalue weighted by Gasteiger charge is -2.31. The van der Waals surface area contributed by atoms with E-state index in [9.17, 15) is 14.4 Å². The minimum Gasteiger partial charge on any atom is -0.483 e. The Bertz CT molecular complexity index is 1110. The van der Waals surface area contributed by atoms with Crippen molar-refractivity contribution in [3.8, 4) is 0 Å². The van der Waals surface area contributed by atoms with Gasteiger partial charge in [-0.25, -0.2) is 4.98 Å². The molecule has 2 bridgehead atoms. The van der Waals surface area contributed by atoms with Gasteiger partial charge < -0.3 is 34.3 Å². The second-order valence-corrected chi connectivity index (χ2v) is 8.63. The van der Waals surface area contributed by atoms with Crippen molar-refractivity contribution in [1.82, 2.24) is 24.3 Å². The number of nitrogens with zero attached hydrogens (tertiary/aromatic N) is 4. The molecule has 0 spiro atoms. The summed E-state index contributed by atoms with van der Waals surface area (Å²) in [6.45, 7) is 2.00. The highest BCUT2D eigenvalue weighted by molar-refractivity contribution is 5.94. The van der Waals surface area contributed by atoms with Crippen molar-refractivity contribution in [3.05, 3.63) is 52.0 Å². The standard InChI is InChI=1S/C21H25N5O4.2CH2O2/c27-19(10-24-5-4-22-13-24)25-7-14-8-26(16(9-25)12-30-11-14)21(29)17-6-15-2-1-3-18(15)23-20(17)28;2*2-1-3/h4-6,13-14,16H,1-3,7-12H2,(H,23,28);2*1H,(H,2,3)/t14-,16-;;/m0../s1. The molecule has 2 fully saturated rings. The summed E-state index contributed by atoms with van der Waals surface area (Å²) in [6.07, 6.45) is 7.77. The zero-order valence-electron chi connectivity index (χ0n) is 19.6. The van der Waals surface area contributed by atoms with Crippen LogP contribution in [0.3, 0.4) is 0 Å². The van der Waals surface area contributed by atoms with Crippen molar-refractivity contribution < 1.29 is 34.1 Å². The summed E-state index contributed by atoms with van der Waals surface area (Å²) in [7, 11) is 0. The summed E-state index contributed by atoms with van der Waals surface area (Å²) in [5.41, 5.74) is 1.88. The molecule has 3 N–H and O–H groups in total. The minimum absolute atomic E-state index is 0.00502. The number of carbonyl (C=O) groups is 4. The van der Waals surface area contributed by atoms with E-state index in [0.29, 0.717) is 32.8 Å². The number of imidazole rings is 1. The summed E-state index contributed by atoms with van der Waals surface area (Å²) in [6, 6.07) is 1.49. The number of carboxylic acid groups (broad SMARTS) is 2. The van der Waals surface area contributed by atoms with Gasteiger partial charge >= 0.3 is 0 Å². The molecule has 0 saturated carbocycles. The van der Waals surface area contributed by atoms with Crippen LogP contribution >= 0.6 is 0 Å². The van der Waals surface area contributed by atoms with Crippen molar-refractivity contribution in [3.63, 3.8) is 0 Å². The van der Waals surface area contributed by atoms with Gasteiger partial charge in [0, 0.05) is 43.6 Å². The van der Waals surface area contributed by atoms with E-state index in [4.69, 9.17) is 24.5 Å². The number of aromatic amines is 1. The summed E-state index contributed by atoms with van der Waals surface area (Å²) in [5.74, 6) is -0.258. The third-order valence-electron chi connectivity index (χ3n) is 6.28. The summed E-state index contributed by atoms with van der Waals surface area (Å²) in [4.78, 5) is 66.0. The maximum atomic E-state index is 13.4. The van der Waals surface area contributed by atoms with Gasteiger partial charge in [-0.2, -0.15) is 0 Å². The maximum absolute atomic E-state index is 13.4. The molecule has 0 unspecified atom stereocenters. The lowest BCUT2D eigenvalue weighted by atomic mass is 10.1. The molecule has 2 aliphatic heterocycles. The average molecular weight is 504 g/mol. The Kier molecular flexibility index (Phi) is 9.33. The van der Waals surface area contributed by atoms with Crippen LogP contribution in [-0.4, -0.2) is 98.2 Å². The van der Waals surface area contributed by atoms with Crippen LogP contribution in [0.2, 0.25) is 0 Å². The van der Waals surface area contributed by atoms with Gasteiger partial charge in [0.1, 0.15) is 12.1 Å². The quantitative estimate of drug-likeness (QED) is 0.465. The molecule has 36 heavy (non-hydrogen) atoms. The molecule has 2 aromatic rings. The molecule has 2 aromatic heterocycles. The third kappa shape index (κ3) is 6.36. The number of aromatic nitrogens is 3. The van der Waals surface area contributed by atoms with E-state index in [1.54, 1.807) is 34.3 Å². The maximum Gasteiger partial charge on any atom is 0.290 e. The third-order valence-corrected chi connectivity index (χ3v) is 6.28. The first-order chi connectivity index (χ1) is 17.4. The number of pyridine rings is 1. The molecule has 4 heterocycles. The Morgan fingerprint density at radius 3 is 2.58 bits per heavy atom. The Morgan fingerprint density at radius 1 is 1.14 bits per heavy atom. The molecule has 3 aliphatic rings. The van der Waals surface area contributed by atoms with E-state index in [-0.39, 0.29) is 54.4 Å². The molecular weight excluding hydrogens is 474 g/mol. The first kappa shape index (κ1) is 26.6. The SMILES string of the molecule is O=C(Cn1ccnc1)N1C[C@@H]2COC[C@H](C1)N(C(=O)c1cc3c([nH]c1=O)CCC3)C2.O=CO.O=CO. The van der Waals surface area contributed by atoms with Gasteiger partial charge in [-0.1, -0.05) is 0 Å². The van der Waals surface area contributed by atoms with Crippen LogP contribution in [0.5, 0.6) is 0 Å². The first-order valence-corrected chi connectivity index (χ1v) is 11.4. The predicted octanol–water partition coefficient (Wildman–Crippen LogP) is -0.539. The molecule has 0 radical (unpaired) electrons. The summed E-state index contributed by atoms with van der Waals surface area (Å²) >= 11 is 0. The van der Waals surface area contributed by atoms with Crippen molar-refractivity contribution >= 4 is 24.8 Å². The molecule has 194 valence electrons. The number of nitrogens with one attached hydrogen (secondary N) is 1. The highest BCUT2D eigenvalue weighted by atomic mass is 16.5. The predicted molar refractivity (Wildman–Crippen MR) is 124 cm³/mol. The van der Waals surface area contributed by atoms with Crippen LogP contribution in [-0.2, 0) is 38.5 Å². The molecule has 13 nitrogen and oxygen atoms in total. The fourth-order valence-electron chi connectivity index (χ4n) is 4.76. The van der Waals surface area contributed by atoms with E-state index < -0.39 is 0 Å². The number of ether oxygens (including phenoxy) is 1. The average Bonchev–Trinajstić information content (AvgIpc) is 3.42. The summed E-state index contributed by atoms with van der Waals surface area (Å²) in [5, 5.41) is 13.8. The number of H-pyrrole nitrogens is 1. The second-order valence-electron chi connectivity index (χ2n) is 8.63. The van der Waals surface area contributed by atoms with Gasteiger partial charge in [-0.3, -0.25) is 24.0 Å². The Balaban J connectivity index is 0.000000550. The van der Waals surface area contributed by atoms with Crippen LogP contribution < -0.4 is 5.56 Å². The Hall–Kier alpha value is -4.00. The zero-order chi connectivity index (χ0) is 26.1. The number of amides is 2. The van der Waals surface area contributed by atoms with E-state index >= 15 is 0 Å². The van der Waals surface area contributed by atoms with Gasteiger partial charge in [-0.15, -0.1) is 0 Å². The van der Waals surface area contributed by atoms with Gasteiger partial charge in [0.25, 0.3) is 24.4 Å². The van der Waals surface area contributed by atoms with Crippen molar-refractivity contribution in [1.29, 1.82) is 0 Å². The van der Waals surface area contributed by atoms with Gasteiger partial charge in [-0.05, 0) is 30.9 Å². The lowest BCUT2D eigenvalue weighted by Crippen LogP contribution is -2.49.